The molecule has 0 fully saturated rings. The lowest BCUT2D eigenvalue weighted by Gasteiger charge is -2.08. The van der Waals surface area contributed by atoms with E-state index in [9.17, 15) is 4.79 Å². The SMILES string of the molecule is O=c1cc[nH]c2nc(-c3ccccc3)c(-c3nc4cccnc4s3)cc12. The molecule has 4 aromatic heterocycles. The summed E-state index contributed by atoms with van der Waals surface area (Å²) in [7, 11) is 0. The predicted molar refractivity (Wildman–Crippen MR) is 104 cm³/mol. The highest BCUT2D eigenvalue weighted by Crippen LogP contribution is 2.36. The Bertz CT molecular complexity index is 1270. The number of aromatic nitrogens is 4. The number of benzene rings is 1. The van der Waals surface area contributed by atoms with Crippen LogP contribution in [0.25, 0.3) is 43.2 Å². The molecule has 5 aromatic rings. The topological polar surface area (TPSA) is 71.5 Å². The quantitative estimate of drug-likeness (QED) is 0.513. The fourth-order valence-corrected chi connectivity index (χ4v) is 3.89. The molecule has 4 heterocycles. The molecule has 0 aliphatic carbocycles. The Morgan fingerprint density at radius 2 is 1.85 bits per heavy atom. The lowest BCUT2D eigenvalue weighted by atomic mass is 10.0. The lowest BCUT2D eigenvalue weighted by Crippen LogP contribution is -2.03. The van der Waals surface area contributed by atoms with Crippen molar-refractivity contribution in [2.24, 2.45) is 0 Å². The smallest absolute Gasteiger partial charge is 0.191 e. The summed E-state index contributed by atoms with van der Waals surface area (Å²) in [6.07, 6.45) is 3.37. The van der Waals surface area contributed by atoms with Crippen molar-refractivity contribution < 1.29 is 0 Å². The van der Waals surface area contributed by atoms with Crippen LogP contribution in [0.4, 0.5) is 0 Å². The van der Waals surface area contributed by atoms with Crippen molar-refractivity contribution in [3.63, 3.8) is 0 Å². The summed E-state index contributed by atoms with van der Waals surface area (Å²) in [5.74, 6) is 0. The van der Waals surface area contributed by atoms with E-state index >= 15 is 0 Å². The van der Waals surface area contributed by atoms with E-state index in [1.165, 1.54) is 17.4 Å². The standard InChI is InChI=1S/C20H12N4OS/c25-16-8-10-21-18-13(16)11-14(17(24-18)12-5-2-1-3-6-12)19-23-15-7-4-9-22-20(15)26-19/h1-11H,(H,21,24,25). The fraction of sp³-hybridized carbons (Fsp3) is 0. The highest BCUT2D eigenvalue weighted by molar-refractivity contribution is 7.21. The first-order valence-electron chi connectivity index (χ1n) is 8.09. The van der Waals surface area contributed by atoms with Crippen molar-refractivity contribution >= 4 is 32.7 Å². The minimum absolute atomic E-state index is 0.0636. The highest BCUT2D eigenvalue weighted by Gasteiger charge is 2.16. The second-order valence-electron chi connectivity index (χ2n) is 5.84. The molecule has 0 unspecified atom stereocenters. The van der Waals surface area contributed by atoms with Gasteiger partial charge in [0.2, 0.25) is 0 Å². The minimum atomic E-state index is -0.0636. The second kappa shape index (κ2) is 5.86. The van der Waals surface area contributed by atoms with Gasteiger partial charge in [-0.2, -0.15) is 0 Å². The van der Waals surface area contributed by atoms with Crippen LogP contribution in [0.15, 0.2) is 71.8 Å². The van der Waals surface area contributed by atoms with Crippen LogP contribution >= 0.6 is 11.3 Å². The summed E-state index contributed by atoms with van der Waals surface area (Å²) >= 11 is 1.50. The van der Waals surface area contributed by atoms with Crippen LogP contribution in [0, 0.1) is 0 Å². The molecule has 0 saturated heterocycles. The van der Waals surface area contributed by atoms with E-state index in [2.05, 4.69) is 9.97 Å². The number of H-pyrrole nitrogens is 1. The Hall–Kier alpha value is -3.38. The number of nitrogens with zero attached hydrogens (tertiary/aromatic N) is 3. The third kappa shape index (κ3) is 2.39. The van der Waals surface area contributed by atoms with Gasteiger partial charge in [-0.05, 0) is 18.2 Å². The minimum Gasteiger partial charge on any atom is -0.346 e. The van der Waals surface area contributed by atoms with Gasteiger partial charge in [-0.25, -0.2) is 15.0 Å². The maximum Gasteiger partial charge on any atom is 0.191 e. The molecule has 0 saturated carbocycles. The predicted octanol–water partition coefficient (Wildman–Crippen LogP) is 4.26. The molecule has 1 N–H and O–H groups in total. The number of aromatic amines is 1. The van der Waals surface area contributed by atoms with Gasteiger partial charge in [0, 0.05) is 29.6 Å². The van der Waals surface area contributed by atoms with Gasteiger partial charge in [0.05, 0.1) is 11.1 Å². The molecular weight excluding hydrogens is 344 g/mol. The van der Waals surface area contributed by atoms with Gasteiger partial charge in [-0.3, -0.25) is 4.79 Å². The van der Waals surface area contributed by atoms with Crippen LogP contribution in [0.1, 0.15) is 0 Å². The van der Waals surface area contributed by atoms with Crippen LogP contribution in [-0.2, 0) is 0 Å². The monoisotopic (exact) mass is 356 g/mol. The van der Waals surface area contributed by atoms with Gasteiger partial charge >= 0.3 is 0 Å². The van der Waals surface area contributed by atoms with Crippen molar-refractivity contribution in [1.29, 1.82) is 0 Å². The van der Waals surface area contributed by atoms with Crippen molar-refractivity contribution in [3.8, 4) is 21.8 Å². The summed E-state index contributed by atoms with van der Waals surface area (Å²) in [6.45, 7) is 0. The van der Waals surface area contributed by atoms with E-state index < -0.39 is 0 Å². The zero-order valence-corrected chi connectivity index (χ0v) is 14.3. The molecule has 6 heteroatoms. The van der Waals surface area contributed by atoms with E-state index in [-0.39, 0.29) is 5.43 Å². The van der Waals surface area contributed by atoms with E-state index in [4.69, 9.17) is 9.97 Å². The van der Waals surface area contributed by atoms with Gasteiger partial charge in [-0.15, -0.1) is 0 Å². The number of pyridine rings is 3. The first kappa shape index (κ1) is 14.9. The second-order valence-corrected chi connectivity index (χ2v) is 6.81. The molecule has 0 aliphatic heterocycles. The average Bonchev–Trinajstić information content (AvgIpc) is 3.12. The lowest BCUT2D eigenvalue weighted by molar-refractivity contribution is 1.27. The Morgan fingerprint density at radius 3 is 2.69 bits per heavy atom. The Labute approximate surface area is 152 Å². The molecule has 5 nitrogen and oxygen atoms in total. The zero-order valence-electron chi connectivity index (χ0n) is 13.5. The largest absolute Gasteiger partial charge is 0.346 e. The molecule has 5 rings (SSSR count). The van der Waals surface area contributed by atoms with E-state index in [1.807, 2.05) is 48.5 Å². The van der Waals surface area contributed by atoms with Gasteiger partial charge in [0.1, 0.15) is 21.0 Å². The van der Waals surface area contributed by atoms with E-state index in [0.29, 0.717) is 11.0 Å². The van der Waals surface area contributed by atoms with Crippen LogP contribution in [0.2, 0.25) is 0 Å². The Balaban J connectivity index is 1.87. The van der Waals surface area contributed by atoms with Crippen molar-refractivity contribution in [2.45, 2.75) is 0 Å². The molecule has 124 valence electrons. The maximum absolute atomic E-state index is 12.3. The third-order valence-electron chi connectivity index (χ3n) is 4.19. The third-order valence-corrected chi connectivity index (χ3v) is 5.20. The molecule has 0 atom stereocenters. The summed E-state index contributed by atoms with van der Waals surface area (Å²) < 4.78 is 0. The maximum atomic E-state index is 12.3. The van der Waals surface area contributed by atoms with E-state index in [0.717, 1.165) is 32.2 Å². The number of fused-ring (bicyclic) bond motifs is 2. The molecule has 26 heavy (non-hydrogen) atoms. The van der Waals surface area contributed by atoms with Gasteiger partial charge in [0.15, 0.2) is 5.43 Å². The van der Waals surface area contributed by atoms with Gasteiger partial charge in [-0.1, -0.05) is 41.7 Å². The highest BCUT2D eigenvalue weighted by atomic mass is 32.1. The van der Waals surface area contributed by atoms with Crippen LogP contribution < -0.4 is 5.43 Å². The Kier molecular flexibility index (Phi) is 3.36. The molecule has 0 bridgehead atoms. The molecule has 1 aromatic carbocycles. The molecule has 0 radical (unpaired) electrons. The van der Waals surface area contributed by atoms with Gasteiger partial charge < -0.3 is 4.98 Å². The first-order valence-corrected chi connectivity index (χ1v) is 8.91. The summed E-state index contributed by atoms with van der Waals surface area (Å²) in [6, 6.07) is 17.1. The summed E-state index contributed by atoms with van der Waals surface area (Å²) in [5.41, 5.74) is 3.95. The average molecular weight is 356 g/mol. The molecular formula is C20H12N4OS. The normalized spacial score (nSPS) is 11.2. The number of nitrogens with one attached hydrogen (secondary N) is 1. The van der Waals surface area contributed by atoms with Crippen LogP contribution in [-0.4, -0.2) is 19.9 Å². The van der Waals surface area contributed by atoms with E-state index in [1.54, 1.807) is 12.4 Å². The van der Waals surface area contributed by atoms with Crippen molar-refractivity contribution in [2.75, 3.05) is 0 Å². The summed E-state index contributed by atoms with van der Waals surface area (Å²) in [5, 5.41) is 1.35. The summed E-state index contributed by atoms with van der Waals surface area (Å²) in [4.78, 5) is 30.1. The van der Waals surface area contributed by atoms with Gasteiger partial charge in [0.25, 0.3) is 0 Å². The number of hydrogen-bond donors (Lipinski definition) is 1. The van der Waals surface area contributed by atoms with Crippen LogP contribution in [0.5, 0.6) is 0 Å². The molecule has 0 amide bonds. The Morgan fingerprint density at radius 1 is 0.962 bits per heavy atom. The first-order chi connectivity index (χ1) is 12.8. The fourth-order valence-electron chi connectivity index (χ4n) is 2.96. The van der Waals surface area contributed by atoms with Crippen LogP contribution in [0.3, 0.4) is 0 Å². The zero-order chi connectivity index (χ0) is 17.5. The number of rotatable bonds is 2. The van der Waals surface area contributed by atoms with Crippen molar-refractivity contribution in [1.82, 2.24) is 19.9 Å². The number of thiazole rings is 1. The van der Waals surface area contributed by atoms with Crippen molar-refractivity contribution in [3.05, 3.63) is 77.2 Å². The molecule has 0 aliphatic rings. The number of hydrogen-bond acceptors (Lipinski definition) is 5. The molecule has 0 spiro atoms.